The molecule has 0 saturated carbocycles. The number of imidazole rings is 1. The Kier molecular flexibility index (Phi) is 4.53. The van der Waals surface area contributed by atoms with E-state index < -0.39 is 0 Å². The van der Waals surface area contributed by atoms with Gasteiger partial charge in [0.1, 0.15) is 0 Å². The number of aromatic nitrogens is 2. The molecule has 3 rings (SSSR count). The molecule has 1 atom stereocenters. The maximum absolute atomic E-state index is 11.9. The Morgan fingerprint density at radius 1 is 1.36 bits per heavy atom. The second-order valence-corrected chi connectivity index (χ2v) is 5.54. The van der Waals surface area contributed by atoms with Crippen molar-refractivity contribution >= 4 is 5.97 Å². The van der Waals surface area contributed by atoms with Crippen LogP contribution in [0.2, 0.25) is 0 Å². The van der Waals surface area contributed by atoms with Gasteiger partial charge >= 0.3 is 5.97 Å². The molecule has 22 heavy (non-hydrogen) atoms. The molecule has 0 amide bonds. The van der Waals surface area contributed by atoms with Crippen LogP contribution in [0.15, 0.2) is 42.7 Å². The number of benzene rings is 1. The lowest BCUT2D eigenvalue weighted by Crippen LogP contribution is -2.23. The molecular weight excluding hydrogens is 278 g/mol. The number of hydrogen-bond acceptors (Lipinski definition) is 4. The van der Waals surface area contributed by atoms with Crippen molar-refractivity contribution in [2.75, 3.05) is 19.7 Å². The van der Waals surface area contributed by atoms with E-state index in [9.17, 15) is 4.79 Å². The molecule has 5 nitrogen and oxygen atoms in total. The third kappa shape index (κ3) is 3.20. The zero-order valence-corrected chi connectivity index (χ0v) is 12.8. The third-order valence-electron chi connectivity index (χ3n) is 4.02. The Morgan fingerprint density at radius 2 is 2.18 bits per heavy atom. The monoisotopic (exact) mass is 299 g/mol. The summed E-state index contributed by atoms with van der Waals surface area (Å²) in [5.74, 6) is 0.0717. The van der Waals surface area contributed by atoms with E-state index in [2.05, 4.69) is 34.1 Å². The smallest absolute Gasteiger partial charge is 0.374 e. The fraction of sp³-hybridized carbons (Fsp3) is 0.412. The maximum atomic E-state index is 11.9. The van der Waals surface area contributed by atoms with E-state index in [-0.39, 0.29) is 12.0 Å². The minimum atomic E-state index is -0.339. The Hall–Kier alpha value is -2.14. The number of likely N-dealkylation sites (tertiary alicyclic amines) is 1. The number of carbonyl (C=O) groups excluding carboxylic acids is 1. The normalized spacial score (nSPS) is 18.5. The lowest BCUT2D eigenvalue weighted by molar-refractivity contribution is 0.0503. The molecule has 1 aromatic heterocycles. The Balaban J connectivity index is 1.66. The fourth-order valence-electron chi connectivity index (χ4n) is 2.99. The van der Waals surface area contributed by atoms with Gasteiger partial charge in [-0.3, -0.25) is 4.90 Å². The van der Waals surface area contributed by atoms with E-state index >= 15 is 0 Å². The molecule has 0 radical (unpaired) electrons. The summed E-state index contributed by atoms with van der Waals surface area (Å²) in [5.41, 5.74) is 1.32. The van der Waals surface area contributed by atoms with Gasteiger partial charge in [-0.05, 0) is 18.9 Å². The van der Waals surface area contributed by atoms with Gasteiger partial charge in [-0.1, -0.05) is 30.3 Å². The van der Waals surface area contributed by atoms with Crippen LogP contribution in [0.5, 0.6) is 0 Å². The van der Waals surface area contributed by atoms with Crippen molar-refractivity contribution in [2.24, 2.45) is 0 Å². The average molecular weight is 299 g/mol. The second kappa shape index (κ2) is 6.75. The van der Waals surface area contributed by atoms with Crippen molar-refractivity contribution in [3.63, 3.8) is 0 Å². The van der Waals surface area contributed by atoms with Gasteiger partial charge in [0, 0.05) is 38.1 Å². The van der Waals surface area contributed by atoms with Crippen LogP contribution < -0.4 is 0 Å². The number of carbonyl (C=O) groups is 1. The van der Waals surface area contributed by atoms with Crippen LogP contribution >= 0.6 is 0 Å². The van der Waals surface area contributed by atoms with E-state index in [4.69, 9.17) is 4.74 Å². The summed E-state index contributed by atoms with van der Waals surface area (Å²) in [5, 5.41) is 0. The molecule has 1 aliphatic rings. The molecule has 0 spiro atoms. The predicted molar refractivity (Wildman–Crippen MR) is 83.6 cm³/mol. The van der Waals surface area contributed by atoms with Crippen molar-refractivity contribution in [3.05, 3.63) is 54.1 Å². The Labute approximate surface area is 130 Å². The molecule has 0 unspecified atom stereocenters. The van der Waals surface area contributed by atoms with Gasteiger partial charge in [-0.2, -0.15) is 0 Å². The van der Waals surface area contributed by atoms with Gasteiger partial charge in [0.15, 0.2) is 0 Å². The number of rotatable bonds is 5. The first kappa shape index (κ1) is 14.8. The first-order valence-electron chi connectivity index (χ1n) is 7.74. The molecule has 1 aromatic carbocycles. The minimum Gasteiger partial charge on any atom is -0.460 e. The quantitative estimate of drug-likeness (QED) is 0.796. The Bertz CT molecular complexity index is 624. The summed E-state index contributed by atoms with van der Waals surface area (Å²) in [6.07, 6.45) is 4.57. The SMILES string of the molecule is CCOC(=O)c1nccn1[C@H]1CCN(Cc2ccccc2)C1. The highest BCUT2D eigenvalue weighted by atomic mass is 16.5. The first-order chi connectivity index (χ1) is 10.8. The summed E-state index contributed by atoms with van der Waals surface area (Å²) < 4.78 is 7.03. The van der Waals surface area contributed by atoms with Gasteiger partial charge in [0.25, 0.3) is 0 Å². The van der Waals surface area contributed by atoms with Gasteiger partial charge in [-0.25, -0.2) is 9.78 Å². The first-order valence-corrected chi connectivity index (χ1v) is 7.74. The number of ether oxygens (including phenoxy) is 1. The van der Waals surface area contributed by atoms with E-state index in [0.717, 1.165) is 26.1 Å². The topological polar surface area (TPSA) is 47.4 Å². The molecule has 1 aliphatic heterocycles. The molecule has 1 saturated heterocycles. The van der Waals surface area contributed by atoms with Gasteiger partial charge in [0.05, 0.1) is 6.61 Å². The van der Waals surface area contributed by atoms with Crippen molar-refractivity contribution in [3.8, 4) is 0 Å². The van der Waals surface area contributed by atoms with E-state index in [1.165, 1.54) is 5.56 Å². The highest BCUT2D eigenvalue weighted by molar-refractivity contribution is 5.85. The molecule has 5 heteroatoms. The largest absolute Gasteiger partial charge is 0.460 e. The number of nitrogens with zero attached hydrogens (tertiary/aromatic N) is 3. The molecule has 0 bridgehead atoms. The zero-order valence-electron chi connectivity index (χ0n) is 12.8. The Morgan fingerprint density at radius 3 is 2.95 bits per heavy atom. The van der Waals surface area contributed by atoms with Crippen LogP contribution in [0.3, 0.4) is 0 Å². The maximum Gasteiger partial charge on any atom is 0.374 e. The highest BCUT2D eigenvalue weighted by Gasteiger charge is 2.27. The molecule has 2 heterocycles. The van der Waals surface area contributed by atoms with Crippen molar-refractivity contribution in [1.29, 1.82) is 0 Å². The summed E-state index contributed by atoms with van der Waals surface area (Å²) in [6, 6.07) is 10.7. The van der Waals surface area contributed by atoms with Crippen molar-refractivity contribution in [2.45, 2.75) is 25.9 Å². The summed E-state index contributed by atoms with van der Waals surface area (Å²) in [6.45, 7) is 5.08. The zero-order chi connectivity index (χ0) is 15.4. The van der Waals surface area contributed by atoms with Crippen LogP contribution in [-0.4, -0.2) is 40.1 Å². The van der Waals surface area contributed by atoms with Crippen molar-refractivity contribution < 1.29 is 9.53 Å². The van der Waals surface area contributed by atoms with Crippen LogP contribution in [0.1, 0.15) is 35.6 Å². The van der Waals surface area contributed by atoms with E-state index in [1.54, 1.807) is 6.20 Å². The standard InChI is InChI=1S/C17H21N3O2/c1-2-22-17(21)16-18-9-11-20(16)15-8-10-19(13-15)12-14-6-4-3-5-7-14/h3-7,9,11,15H,2,8,10,12-13H2,1H3/t15-/m0/s1. The van der Waals surface area contributed by atoms with Crippen LogP contribution in [-0.2, 0) is 11.3 Å². The van der Waals surface area contributed by atoms with Crippen LogP contribution in [0, 0.1) is 0 Å². The average Bonchev–Trinajstić information content (AvgIpc) is 3.17. The molecule has 0 N–H and O–H groups in total. The third-order valence-corrected chi connectivity index (χ3v) is 4.02. The van der Waals surface area contributed by atoms with Gasteiger partial charge in [-0.15, -0.1) is 0 Å². The summed E-state index contributed by atoms with van der Waals surface area (Å²) in [4.78, 5) is 18.5. The lowest BCUT2D eigenvalue weighted by Gasteiger charge is -2.17. The minimum absolute atomic E-state index is 0.283. The van der Waals surface area contributed by atoms with Crippen LogP contribution in [0.25, 0.3) is 0 Å². The number of hydrogen-bond donors (Lipinski definition) is 0. The fourth-order valence-corrected chi connectivity index (χ4v) is 2.99. The second-order valence-electron chi connectivity index (χ2n) is 5.54. The predicted octanol–water partition coefficient (Wildman–Crippen LogP) is 2.51. The molecule has 1 fully saturated rings. The summed E-state index contributed by atoms with van der Waals surface area (Å²) in [7, 11) is 0. The van der Waals surface area contributed by atoms with Crippen molar-refractivity contribution in [1.82, 2.24) is 14.5 Å². The van der Waals surface area contributed by atoms with Crippen LogP contribution in [0.4, 0.5) is 0 Å². The molecular formula is C17H21N3O2. The molecule has 2 aromatic rings. The van der Waals surface area contributed by atoms with E-state index in [0.29, 0.717) is 12.4 Å². The van der Waals surface area contributed by atoms with Gasteiger partial charge < -0.3 is 9.30 Å². The number of esters is 1. The van der Waals surface area contributed by atoms with Gasteiger partial charge in [0.2, 0.25) is 5.82 Å². The summed E-state index contributed by atoms with van der Waals surface area (Å²) >= 11 is 0. The van der Waals surface area contributed by atoms with E-state index in [1.807, 2.05) is 23.8 Å². The molecule has 0 aliphatic carbocycles. The highest BCUT2D eigenvalue weighted by Crippen LogP contribution is 2.24. The molecule has 116 valence electrons. The lowest BCUT2D eigenvalue weighted by atomic mass is 10.2.